The highest BCUT2D eigenvalue weighted by molar-refractivity contribution is 5.81. The zero-order valence-electron chi connectivity index (χ0n) is 12.5. The molecule has 20 heavy (non-hydrogen) atoms. The fourth-order valence-corrected chi connectivity index (χ4v) is 2.92. The summed E-state index contributed by atoms with van der Waals surface area (Å²) in [4.78, 5) is 11.9. The van der Waals surface area contributed by atoms with E-state index in [1.165, 1.54) is 0 Å². The quantitative estimate of drug-likeness (QED) is 0.719. The zero-order valence-corrected chi connectivity index (χ0v) is 12.5. The Labute approximate surface area is 121 Å². The van der Waals surface area contributed by atoms with Gasteiger partial charge in [0.1, 0.15) is 6.10 Å². The van der Waals surface area contributed by atoms with Gasteiger partial charge in [-0.05, 0) is 44.4 Å². The first kappa shape index (κ1) is 15.7. The predicted molar refractivity (Wildman–Crippen MR) is 77.3 cm³/mol. The van der Waals surface area contributed by atoms with Crippen LogP contribution in [0.5, 0.6) is 0 Å². The Kier molecular flexibility index (Phi) is 6.26. The Morgan fingerprint density at radius 2 is 2.05 bits per heavy atom. The Bertz CT molecular complexity index is 303. The van der Waals surface area contributed by atoms with Crippen LogP contribution in [0.3, 0.4) is 0 Å². The fourth-order valence-electron chi connectivity index (χ4n) is 2.92. The second kappa shape index (κ2) is 7.96. The average Bonchev–Trinajstić information content (AvgIpc) is 2.86. The Morgan fingerprint density at radius 3 is 2.70 bits per heavy atom. The topological polar surface area (TPSA) is 73.6 Å². The Balaban J connectivity index is 1.50. The van der Waals surface area contributed by atoms with Crippen molar-refractivity contribution >= 4 is 5.91 Å². The SMILES string of the molecule is CC1CCOC1C(=O)NCCCOC1CCC(N)CC1. The minimum absolute atomic E-state index is 0.0265. The van der Waals surface area contributed by atoms with Crippen molar-refractivity contribution < 1.29 is 14.3 Å². The number of nitrogens with two attached hydrogens (primary N) is 1. The van der Waals surface area contributed by atoms with Crippen LogP contribution in [0.1, 0.15) is 45.4 Å². The summed E-state index contributed by atoms with van der Waals surface area (Å²) in [5, 5.41) is 2.94. The average molecular weight is 284 g/mol. The van der Waals surface area contributed by atoms with E-state index >= 15 is 0 Å². The summed E-state index contributed by atoms with van der Waals surface area (Å²) in [6.45, 7) is 4.14. The molecule has 5 heteroatoms. The molecule has 0 radical (unpaired) electrons. The molecule has 1 heterocycles. The van der Waals surface area contributed by atoms with Crippen molar-refractivity contribution in [1.82, 2.24) is 5.32 Å². The Hall–Kier alpha value is -0.650. The number of carbonyl (C=O) groups is 1. The van der Waals surface area contributed by atoms with Crippen LogP contribution in [0.25, 0.3) is 0 Å². The molecule has 2 rings (SSSR count). The molecule has 1 saturated heterocycles. The van der Waals surface area contributed by atoms with Crippen molar-refractivity contribution in [2.75, 3.05) is 19.8 Å². The summed E-state index contributed by atoms with van der Waals surface area (Å²) in [7, 11) is 0. The molecule has 0 spiro atoms. The van der Waals surface area contributed by atoms with E-state index < -0.39 is 0 Å². The molecular weight excluding hydrogens is 256 g/mol. The second-order valence-electron chi connectivity index (χ2n) is 6.11. The summed E-state index contributed by atoms with van der Waals surface area (Å²) in [6.07, 6.45) is 6.22. The van der Waals surface area contributed by atoms with Crippen LogP contribution < -0.4 is 11.1 Å². The van der Waals surface area contributed by atoms with Crippen LogP contribution in [0.15, 0.2) is 0 Å². The van der Waals surface area contributed by atoms with Crippen molar-refractivity contribution in [3.05, 3.63) is 0 Å². The first-order valence-electron chi connectivity index (χ1n) is 7.93. The lowest BCUT2D eigenvalue weighted by Crippen LogP contribution is -2.38. The van der Waals surface area contributed by atoms with Gasteiger partial charge in [-0.25, -0.2) is 0 Å². The van der Waals surface area contributed by atoms with Gasteiger partial charge in [-0.1, -0.05) is 6.92 Å². The fraction of sp³-hybridized carbons (Fsp3) is 0.933. The molecule has 1 aliphatic carbocycles. The maximum atomic E-state index is 11.9. The van der Waals surface area contributed by atoms with E-state index in [0.717, 1.165) is 38.5 Å². The van der Waals surface area contributed by atoms with Gasteiger partial charge >= 0.3 is 0 Å². The molecule has 0 aromatic carbocycles. The molecule has 3 N–H and O–H groups in total. The van der Waals surface area contributed by atoms with E-state index in [9.17, 15) is 4.79 Å². The molecular formula is C15H28N2O3. The van der Waals surface area contributed by atoms with Crippen LogP contribution >= 0.6 is 0 Å². The van der Waals surface area contributed by atoms with Gasteiger partial charge in [-0.3, -0.25) is 4.79 Å². The van der Waals surface area contributed by atoms with Crippen molar-refractivity contribution in [2.24, 2.45) is 11.7 Å². The molecule has 2 atom stereocenters. The van der Waals surface area contributed by atoms with Gasteiger partial charge in [-0.2, -0.15) is 0 Å². The monoisotopic (exact) mass is 284 g/mol. The van der Waals surface area contributed by atoms with Gasteiger partial charge in [0.05, 0.1) is 6.10 Å². The summed E-state index contributed by atoms with van der Waals surface area (Å²) in [5.74, 6) is 0.358. The lowest BCUT2D eigenvalue weighted by molar-refractivity contribution is -0.131. The van der Waals surface area contributed by atoms with E-state index in [1.54, 1.807) is 0 Å². The molecule has 0 aromatic heterocycles. The van der Waals surface area contributed by atoms with Gasteiger partial charge in [0, 0.05) is 25.8 Å². The Morgan fingerprint density at radius 1 is 1.30 bits per heavy atom. The van der Waals surface area contributed by atoms with Crippen molar-refractivity contribution in [2.45, 2.75) is 63.7 Å². The minimum Gasteiger partial charge on any atom is -0.378 e. The number of carbonyl (C=O) groups excluding carboxylic acids is 1. The third-order valence-corrected chi connectivity index (χ3v) is 4.34. The molecule has 116 valence electrons. The molecule has 1 amide bonds. The minimum atomic E-state index is -0.254. The van der Waals surface area contributed by atoms with Crippen molar-refractivity contribution in [1.29, 1.82) is 0 Å². The summed E-state index contributed by atoms with van der Waals surface area (Å²) >= 11 is 0. The van der Waals surface area contributed by atoms with Crippen molar-refractivity contribution in [3.63, 3.8) is 0 Å². The van der Waals surface area contributed by atoms with Gasteiger partial charge in [0.15, 0.2) is 0 Å². The largest absolute Gasteiger partial charge is 0.378 e. The molecule has 5 nitrogen and oxygen atoms in total. The van der Waals surface area contributed by atoms with Crippen LogP contribution in [-0.2, 0) is 14.3 Å². The molecule has 0 aromatic rings. The van der Waals surface area contributed by atoms with Gasteiger partial charge in [0.2, 0.25) is 5.91 Å². The molecule has 1 saturated carbocycles. The van der Waals surface area contributed by atoms with E-state index in [-0.39, 0.29) is 12.0 Å². The van der Waals surface area contributed by atoms with E-state index in [2.05, 4.69) is 12.2 Å². The molecule has 2 aliphatic rings. The predicted octanol–water partition coefficient (Wildman–Crippen LogP) is 1.20. The molecule has 2 fully saturated rings. The van der Waals surface area contributed by atoms with Crippen LogP contribution in [0, 0.1) is 5.92 Å². The van der Waals surface area contributed by atoms with Crippen LogP contribution in [0.4, 0.5) is 0 Å². The number of nitrogens with one attached hydrogen (secondary N) is 1. The van der Waals surface area contributed by atoms with Gasteiger partial charge in [-0.15, -0.1) is 0 Å². The zero-order chi connectivity index (χ0) is 14.4. The first-order valence-corrected chi connectivity index (χ1v) is 7.93. The number of hydrogen-bond donors (Lipinski definition) is 2. The summed E-state index contributed by atoms with van der Waals surface area (Å²) < 4.78 is 11.3. The molecule has 1 aliphatic heterocycles. The number of hydrogen-bond acceptors (Lipinski definition) is 4. The third kappa shape index (κ3) is 4.72. The smallest absolute Gasteiger partial charge is 0.249 e. The summed E-state index contributed by atoms with van der Waals surface area (Å²) in [6, 6.07) is 0.363. The van der Waals surface area contributed by atoms with E-state index in [0.29, 0.717) is 37.8 Å². The standard InChI is InChI=1S/C15H28N2O3/c1-11-7-10-20-14(11)15(18)17-8-2-9-19-13-5-3-12(16)4-6-13/h11-14H,2-10,16H2,1H3,(H,17,18). The highest BCUT2D eigenvalue weighted by Crippen LogP contribution is 2.20. The number of ether oxygens (including phenoxy) is 2. The first-order chi connectivity index (χ1) is 9.66. The number of amides is 1. The second-order valence-corrected chi connectivity index (χ2v) is 6.11. The lowest BCUT2D eigenvalue weighted by Gasteiger charge is -2.26. The highest BCUT2D eigenvalue weighted by atomic mass is 16.5. The third-order valence-electron chi connectivity index (χ3n) is 4.34. The van der Waals surface area contributed by atoms with Crippen molar-refractivity contribution in [3.8, 4) is 0 Å². The lowest BCUT2D eigenvalue weighted by atomic mass is 9.94. The maximum Gasteiger partial charge on any atom is 0.249 e. The van der Waals surface area contributed by atoms with E-state index in [4.69, 9.17) is 15.2 Å². The maximum absolute atomic E-state index is 11.9. The highest BCUT2D eigenvalue weighted by Gasteiger charge is 2.30. The van der Waals surface area contributed by atoms with Crippen LogP contribution in [-0.4, -0.2) is 43.9 Å². The van der Waals surface area contributed by atoms with E-state index in [1.807, 2.05) is 0 Å². The van der Waals surface area contributed by atoms with Crippen LogP contribution in [0.2, 0.25) is 0 Å². The van der Waals surface area contributed by atoms with Gasteiger partial charge < -0.3 is 20.5 Å². The summed E-state index contributed by atoms with van der Waals surface area (Å²) in [5.41, 5.74) is 5.86. The molecule has 0 bridgehead atoms. The number of rotatable bonds is 6. The van der Waals surface area contributed by atoms with Gasteiger partial charge in [0.25, 0.3) is 0 Å². The normalized spacial score (nSPS) is 34.1. The molecule has 2 unspecified atom stereocenters.